The number of nitriles is 2. The first kappa shape index (κ1) is 29.8. The summed E-state index contributed by atoms with van der Waals surface area (Å²) in [6, 6.07) is 13.8. The lowest BCUT2D eigenvalue weighted by Gasteiger charge is -2.28. The lowest BCUT2D eigenvalue weighted by atomic mass is 9.96. The summed E-state index contributed by atoms with van der Waals surface area (Å²) in [5.41, 5.74) is 6.05. The number of hydrogen-bond acceptors (Lipinski definition) is 9. The van der Waals surface area contributed by atoms with Crippen LogP contribution in [0, 0.1) is 28.1 Å². The fourth-order valence-electron chi connectivity index (χ4n) is 5.57. The number of fused-ring (bicyclic) bond motifs is 2. The van der Waals surface area contributed by atoms with Crippen LogP contribution in [0.2, 0.25) is 0 Å². The first-order valence-corrected chi connectivity index (χ1v) is 14.3. The summed E-state index contributed by atoms with van der Waals surface area (Å²) in [6.07, 6.45) is -0.217. The molecule has 2 aromatic carbocycles. The number of hydrazine groups is 2. The van der Waals surface area contributed by atoms with Crippen LogP contribution in [0.25, 0.3) is 21.7 Å². The number of halogens is 3. The molecule has 2 aromatic heterocycles. The van der Waals surface area contributed by atoms with E-state index >= 15 is 0 Å². The normalized spacial score (nSPS) is 16.4. The van der Waals surface area contributed by atoms with Crippen LogP contribution in [-0.4, -0.2) is 33.2 Å². The van der Waals surface area contributed by atoms with Crippen molar-refractivity contribution in [2.75, 3.05) is 17.2 Å². The molecule has 0 amide bonds. The first-order chi connectivity index (χ1) is 21.3. The number of nitrogens with one attached hydrogen (secondary N) is 5. The zero-order valence-corrected chi connectivity index (χ0v) is 24.7. The number of nitrogens with zero attached hydrogens (tertiary/aromatic N) is 4. The van der Waals surface area contributed by atoms with Crippen LogP contribution in [0.15, 0.2) is 65.5 Å². The number of H-pyrrole nitrogens is 1. The van der Waals surface area contributed by atoms with Crippen LogP contribution in [0.3, 0.4) is 0 Å². The summed E-state index contributed by atoms with van der Waals surface area (Å²) in [5, 5.41) is 29.3. The van der Waals surface area contributed by atoms with Crippen LogP contribution < -0.4 is 27.2 Å². The molecule has 6 rings (SSSR count). The van der Waals surface area contributed by atoms with E-state index in [0.717, 1.165) is 5.01 Å². The molecule has 1 aliphatic heterocycles. The molecular formula is C32H30F3N9O. The highest BCUT2D eigenvalue weighted by Gasteiger charge is 2.67. The van der Waals surface area contributed by atoms with E-state index < -0.39 is 17.8 Å². The lowest BCUT2D eigenvalue weighted by Crippen LogP contribution is -2.52. The maximum Gasteiger partial charge on any atom is 0.413 e. The molecule has 45 heavy (non-hydrogen) atoms. The summed E-state index contributed by atoms with van der Waals surface area (Å²) >= 11 is 0. The van der Waals surface area contributed by atoms with Gasteiger partial charge in [0.1, 0.15) is 12.1 Å². The minimum atomic E-state index is -4.45. The topological polar surface area (TPSA) is 145 Å². The predicted octanol–water partition coefficient (Wildman–Crippen LogP) is 5.69. The highest BCUT2D eigenvalue weighted by atomic mass is 19.4. The van der Waals surface area contributed by atoms with E-state index in [9.17, 15) is 28.5 Å². The second-order valence-electron chi connectivity index (χ2n) is 12.5. The average molecular weight is 614 g/mol. The molecule has 0 spiro atoms. The standard InChI is InChI=1S/C32H30F3N9O/c1-30(2,3)17-40-27-19(14-37)15-39-26-18(13-36)11-20(12-24(26)27)41-28(22-5-4-6-23-21(22)7-10-38-29(23)45)25-16-44(43-42-25)31(8-9-31)32(33,34)35/h4-7,10-12,15-16,28,41-43H,8-9,17H2,1-3H3,(H,38,45)(H,39,40)/t28-/m0/s1. The minimum Gasteiger partial charge on any atom is -0.383 e. The van der Waals surface area contributed by atoms with E-state index in [-0.39, 0.29) is 29.4 Å². The third kappa shape index (κ3) is 5.36. The van der Waals surface area contributed by atoms with Crippen LogP contribution in [0.4, 0.5) is 24.5 Å². The van der Waals surface area contributed by atoms with Crippen molar-refractivity contribution in [1.29, 1.82) is 10.5 Å². The molecule has 1 fully saturated rings. The van der Waals surface area contributed by atoms with Crippen molar-refractivity contribution in [3.63, 3.8) is 0 Å². The van der Waals surface area contributed by atoms with E-state index in [1.165, 1.54) is 18.6 Å². The van der Waals surface area contributed by atoms with Crippen LogP contribution >= 0.6 is 0 Å². The number of aromatic amines is 1. The molecule has 3 heterocycles. The van der Waals surface area contributed by atoms with Gasteiger partial charge in [0.2, 0.25) is 0 Å². The Morgan fingerprint density at radius 1 is 1.07 bits per heavy atom. The molecular weight excluding hydrogens is 583 g/mol. The number of rotatable bonds is 7. The SMILES string of the molecule is CC(C)(C)CNc1c(C#N)cnc2c(C#N)cc(N[C@H](C3=CN(C4(C(F)(F)F)CC4)NN3)c3cccc4c(=O)[nH]ccc34)cc12. The molecule has 5 N–H and O–H groups in total. The van der Waals surface area contributed by atoms with Gasteiger partial charge in [0.05, 0.1) is 34.1 Å². The van der Waals surface area contributed by atoms with Gasteiger partial charge in [0.15, 0.2) is 5.54 Å². The smallest absolute Gasteiger partial charge is 0.383 e. The number of pyridine rings is 2. The summed E-state index contributed by atoms with van der Waals surface area (Å²) in [4.78, 5) is 19.7. The number of aromatic nitrogens is 2. The zero-order valence-electron chi connectivity index (χ0n) is 24.7. The summed E-state index contributed by atoms with van der Waals surface area (Å²) in [5.74, 6) is 0. The molecule has 1 atom stereocenters. The summed E-state index contributed by atoms with van der Waals surface area (Å²) in [7, 11) is 0. The van der Waals surface area contributed by atoms with Crippen molar-refractivity contribution in [3.05, 3.63) is 87.7 Å². The van der Waals surface area contributed by atoms with Gasteiger partial charge in [-0.15, -0.1) is 5.53 Å². The molecule has 230 valence electrons. The van der Waals surface area contributed by atoms with Crippen LogP contribution in [-0.2, 0) is 0 Å². The van der Waals surface area contributed by atoms with E-state index in [0.29, 0.717) is 56.4 Å². The summed E-state index contributed by atoms with van der Waals surface area (Å²) in [6.45, 7) is 6.68. The van der Waals surface area contributed by atoms with Gasteiger partial charge >= 0.3 is 6.18 Å². The summed E-state index contributed by atoms with van der Waals surface area (Å²) < 4.78 is 42.0. The second-order valence-corrected chi connectivity index (χ2v) is 12.5. The Balaban J connectivity index is 1.51. The van der Waals surface area contributed by atoms with Crippen molar-refractivity contribution in [3.8, 4) is 12.1 Å². The number of hydrogen-bond donors (Lipinski definition) is 5. The lowest BCUT2D eigenvalue weighted by molar-refractivity contribution is -0.195. The third-order valence-corrected chi connectivity index (χ3v) is 8.09. The van der Waals surface area contributed by atoms with Gasteiger partial charge in [0.25, 0.3) is 5.56 Å². The fraction of sp³-hybridized carbons (Fsp3) is 0.312. The molecule has 2 aliphatic rings. The molecule has 10 nitrogen and oxygen atoms in total. The third-order valence-electron chi connectivity index (χ3n) is 8.09. The zero-order chi connectivity index (χ0) is 32.1. The molecule has 0 bridgehead atoms. The van der Waals surface area contributed by atoms with Gasteiger partial charge in [0, 0.05) is 41.6 Å². The highest BCUT2D eigenvalue weighted by Crippen LogP contribution is 2.54. The van der Waals surface area contributed by atoms with Crippen molar-refractivity contribution < 1.29 is 13.2 Å². The number of benzene rings is 2. The van der Waals surface area contributed by atoms with Crippen molar-refractivity contribution >= 4 is 33.1 Å². The largest absolute Gasteiger partial charge is 0.413 e. The van der Waals surface area contributed by atoms with Crippen LogP contribution in [0.5, 0.6) is 0 Å². The van der Waals surface area contributed by atoms with E-state index in [1.54, 1.807) is 36.4 Å². The molecule has 0 radical (unpaired) electrons. The maximum atomic E-state index is 14.0. The number of alkyl halides is 3. The Morgan fingerprint density at radius 2 is 1.82 bits per heavy atom. The van der Waals surface area contributed by atoms with Crippen molar-refractivity contribution in [1.82, 2.24) is 25.9 Å². The number of anilines is 2. The molecule has 0 saturated heterocycles. The van der Waals surface area contributed by atoms with Gasteiger partial charge in [-0.05, 0) is 53.5 Å². The average Bonchev–Trinajstić information content (AvgIpc) is 3.69. The maximum absolute atomic E-state index is 14.0. The predicted molar refractivity (Wildman–Crippen MR) is 164 cm³/mol. The second kappa shape index (κ2) is 10.7. The molecule has 1 aliphatic carbocycles. The molecule has 4 aromatic rings. The van der Waals surface area contributed by atoms with Crippen LogP contribution in [0.1, 0.15) is 56.3 Å². The van der Waals surface area contributed by atoms with Gasteiger partial charge in [-0.3, -0.25) is 14.8 Å². The Bertz CT molecular complexity index is 1990. The Morgan fingerprint density at radius 3 is 2.49 bits per heavy atom. The quantitative estimate of drug-likeness (QED) is 0.177. The van der Waals surface area contributed by atoms with Crippen molar-refractivity contribution in [2.24, 2.45) is 5.41 Å². The van der Waals surface area contributed by atoms with Gasteiger partial charge in [-0.2, -0.15) is 23.7 Å². The Hall–Kier alpha value is -5.27. The molecule has 0 unspecified atom stereocenters. The molecule has 13 heteroatoms. The van der Waals surface area contributed by atoms with Crippen molar-refractivity contribution in [2.45, 2.75) is 51.4 Å². The fourth-order valence-corrected chi connectivity index (χ4v) is 5.57. The monoisotopic (exact) mass is 613 g/mol. The Kier molecular flexibility index (Phi) is 7.09. The Labute approximate surface area is 256 Å². The van der Waals surface area contributed by atoms with E-state index in [2.05, 4.69) is 43.7 Å². The van der Waals surface area contributed by atoms with E-state index in [1.807, 2.05) is 20.8 Å². The molecule has 1 saturated carbocycles. The highest BCUT2D eigenvalue weighted by molar-refractivity contribution is 5.99. The van der Waals surface area contributed by atoms with Gasteiger partial charge in [-0.1, -0.05) is 32.9 Å². The first-order valence-electron chi connectivity index (χ1n) is 14.3. The van der Waals surface area contributed by atoms with E-state index in [4.69, 9.17) is 0 Å². The van der Waals surface area contributed by atoms with Gasteiger partial charge < -0.3 is 21.0 Å². The van der Waals surface area contributed by atoms with Gasteiger partial charge in [-0.25, -0.2) is 0 Å². The minimum absolute atomic E-state index is 0.0501.